The summed E-state index contributed by atoms with van der Waals surface area (Å²) in [6.45, 7) is 1.87. The standard InChI is InChI=1S/C28H23BrClFN2O3/c1-16-25(20-14-19(29)11-12-23(20)33-27(16)17-6-3-2-4-7-17)28(36)32-15-18(10-13-24(34)35)26-21(30)8-5-9-22(26)31/h2-9,11-12,14,18H,10,13,15H2,1H3,(H,32,36)(H,34,35)/t18-/m0/s1. The third kappa shape index (κ3) is 5.58. The molecular formula is C28H23BrClFN2O3. The zero-order valence-electron chi connectivity index (χ0n) is 19.4. The largest absolute Gasteiger partial charge is 0.481 e. The number of amides is 1. The second kappa shape index (κ2) is 11.2. The highest BCUT2D eigenvalue weighted by atomic mass is 79.9. The summed E-state index contributed by atoms with van der Waals surface area (Å²) in [6.07, 6.45) is -0.0688. The van der Waals surface area contributed by atoms with Gasteiger partial charge in [-0.2, -0.15) is 0 Å². The van der Waals surface area contributed by atoms with Crippen molar-refractivity contribution in [2.45, 2.75) is 25.7 Å². The molecule has 0 fully saturated rings. The normalized spacial score (nSPS) is 11.9. The Kier molecular flexibility index (Phi) is 8.01. The number of carbonyl (C=O) groups excluding carboxylic acids is 1. The summed E-state index contributed by atoms with van der Waals surface area (Å²) >= 11 is 9.74. The number of benzene rings is 3. The Morgan fingerprint density at radius 1 is 1.11 bits per heavy atom. The van der Waals surface area contributed by atoms with Crippen LogP contribution in [0.15, 0.2) is 71.2 Å². The summed E-state index contributed by atoms with van der Waals surface area (Å²) in [5.74, 6) is -2.52. The average Bonchev–Trinajstić information content (AvgIpc) is 2.85. The van der Waals surface area contributed by atoms with Crippen LogP contribution in [0.2, 0.25) is 5.02 Å². The topological polar surface area (TPSA) is 79.3 Å². The fourth-order valence-corrected chi connectivity index (χ4v) is 5.03. The van der Waals surface area contributed by atoms with E-state index in [0.717, 1.165) is 10.0 Å². The highest BCUT2D eigenvalue weighted by Crippen LogP contribution is 2.33. The molecule has 0 saturated carbocycles. The summed E-state index contributed by atoms with van der Waals surface area (Å²) in [5.41, 5.74) is 3.59. The van der Waals surface area contributed by atoms with Gasteiger partial charge in [-0.25, -0.2) is 9.37 Å². The number of aromatic nitrogens is 1. The molecule has 1 aromatic heterocycles. The number of aliphatic carboxylic acids is 1. The maximum Gasteiger partial charge on any atom is 0.303 e. The molecule has 0 aliphatic heterocycles. The van der Waals surface area contributed by atoms with Gasteiger partial charge in [-0.15, -0.1) is 0 Å². The molecule has 1 amide bonds. The first-order chi connectivity index (χ1) is 17.3. The van der Waals surface area contributed by atoms with Gasteiger partial charge in [-0.1, -0.05) is 63.9 Å². The molecule has 184 valence electrons. The Morgan fingerprint density at radius 2 is 1.86 bits per heavy atom. The van der Waals surface area contributed by atoms with Crippen LogP contribution >= 0.6 is 27.5 Å². The second-order valence-corrected chi connectivity index (χ2v) is 9.79. The molecule has 36 heavy (non-hydrogen) atoms. The van der Waals surface area contributed by atoms with Crippen LogP contribution in [0.5, 0.6) is 0 Å². The predicted molar refractivity (Wildman–Crippen MR) is 143 cm³/mol. The van der Waals surface area contributed by atoms with Crippen LogP contribution < -0.4 is 5.32 Å². The minimum atomic E-state index is -1.01. The summed E-state index contributed by atoms with van der Waals surface area (Å²) in [4.78, 5) is 29.7. The van der Waals surface area contributed by atoms with E-state index in [0.29, 0.717) is 27.7 Å². The van der Waals surface area contributed by atoms with E-state index >= 15 is 0 Å². The first-order valence-corrected chi connectivity index (χ1v) is 12.5. The maximum atomic E-state index is 14.7. The summed E-state index contributed by atoms with van der Waals surface area (Å²) in [7, 11) is 0. The van der Waals surface area contributed by atoms with E-state index in [2.05, 4.69) is 21.2 Å². The molecule has 3 aromatic carbocycles. The quantitative estimate of drug-likeness (QED) is 0.236. The lowest BCUT2D eigenvalue weighted by Crippen LogP contribution is -2.30. The van der Waals surface area contributed by atoms with Crippen molar-refractivity contribution in [3.63, 3.8) is 0 Å². The molecule has 5 nitrogen and oxygen atoms in total. The number of carboxylic acid groups (broad SMARTS) is 1. The summed E-state index contributed by atoms with van der Waals surface area (Å²) < 4.78 is 15.5. The molecule has 4 rings (SSSR count). The first-order valence-electron chi connectivity index (χ1n) is 11.4. The van der Waals surface area contributed by atoms with E-state index in [1.807, 2.05) is 55.5 Å². The molecule has 0 bridgehead atoms. The van der Waals surface area contributed by atoms with Gasteiger partial charge in [-0.05, 0) is 49.2 Å². The van der Waals surface area contributed by atoms with Gasteiger partial charge in [0.2, 0.25) is 0 Å². The molecule has 8 heteroatoms. The van der Waals surface area contributed by atoms with Crippen molar-refractivity contribution >= 4 is 50.3 Å². The Morgan fingerprint density at radius 3 is 2.56 bits per heavy atom. The van der Waals surface area contributed by atoms with Gasteiger partial charge in [-0.3, -0.25) is 9.59 Å². The van der Waals surface area contributed by atoms with Gasteiger partial charge in [0.15, 0.2) is 0 Å². The molecule has 0 aliphatic carbocycles. The van der Waals surface area contributed by atoms with Crippen LogP contribution in [-0.4, -0.2) is 28.5 Å². The van der Waals surface area contributed by atoms with Crippen molar-refractivity contribution in [2.75, 3.05) is 6.54 Å². The van der Waals surface area contributed by atoms with E-state index in [9.17, 15) is 19.1 Å². The minimum absolute atomic E-state index is 0.0185. The van der Waals surface area contributed by atoms with Crippen LogP contribution in [0.4, 0.5) is 4.39 Å². The molecule has 4 aromatic rings. The molecule has 0 radical (unpaired) electrons. The number of fused-ring (bicyclic) bond motifs is 1. The molecule has 0 spiro atoms. The van der Waals surface area contributed by atoms with Gasteiger partial charge < -0.3 is 10.4 Å². The number of pyridine rings is 1. The third-order valence-electron chi connectivity index (χ3n) is 6.09. The van der Waals surface area contributed by atoms with Gasteiger partial charge >= 0.3 is 5.97 Å². The molecule has 1 heterocycles. The smallest absolute Gasteiger partial charge is 0.303 e. The number of nitrogens with one attached hydrogen (secondary N) is 1. The van der Waals surface area contributed by atoms with Gasteiger partial charge in [0.25, 0.3) is 5.91 Å². The lowest BCUT2D eigenvalue weighted by molar-refractivity contribution is -0.137. The number of halogens is 3. The van der Waals surface area contributed by atoms with Gasteiger partial charge in [0.1, 0.15) is 5.82 Å². The molecule has 1 atom stereocenters. The highest BCUT2D eigenvalue weighted by Gasteiger charge is 2.24. The van der Waals surface area contributed by atoms with Crippen molar-refractivity contribution in [3.8, 4) is 11.3 Å². The number of hydrogen-bond donors (Lipinski definition) is 2. The SMILES string of the molecule is Cc1c(-c2ccccc2)nc2ccc(Br)cc2c1C(=O)NC[C@H](CCC(=O)O)c1c(F)cccc1Cl. The zero-order chi connectivity index (χ0) is 25.8. The van der Waals surface area contributed by atoms with Crippen LogP contribution in [0.1, 0.15) is 40.2 Å². The summed E-state index contributed by atoms with van der Waals surface area (Å²) in [5, 5.41) is 13.0. The zero-order valence-corrected chi connectivity index (χ0v) is 21.7. The van der Waals surface area contributed by atoms with E-state index in [1.54, 1.807) is 6.07 Å². The number of rotatable bonds is 8. The van der Waals surface area contributed by atoms with Crippen molar-refractivity contribution in [1.29, 1.82) is 0 Å². The third-order valence-corrected chi connectivity index (χ3v) is 6.91. The van der Waals surface area contributed by atoms with Crippen molar-refractivity contribution in [1.82, 2.24) is 10.3 Å². The lowest BCUT2D eigenvalue weighted by Gasteiger charge is -2.21. The number of nitrogens with zero attached hydrogens (tertiary/aromatic N) is 1. The van der Waals surface area contributed by atoms with E-state index in [1.165, 1.54) is 12.1 Å². The maximum absolute atomic E-state index is 14.7. The Balaban J connectivity index is 1.73. The number of carbonyl (C=O) groups is 2. The number of carboxylic acids is 1. The summed E-state index contributed by atoms with van der Waals surface area (Å²) in [6, 6.07) is 19.5. The minimum Gasteiger partial charge on any atom is -0.481 e. The van der Waals surface area contributed by atoms with E-state index in [-0.39, 0.29) is 35.9 Å². The Labute approximate surface area is 221 Å². The Bertz CT molecular complexity index is 1430. The average molecular weight is 570 g/mol. The van der Waals surface area contributed by atoms with Gasteiger partial charge in [0.05, 0.1) is 16.8 Å². The first kappa shape index (κ1) is 25.8. The molecule has 0 saturated heterocycles. The van der Waals surface area contributed by atoms with Crippen LogP contribution in [0.3, 0.4) is 0 Å². The molecule has 2 N–H and O–H groups in total. The fourth-order valence-electron chi connectivity index (χ4n) is 4.35. The Hall–Kier alpha value is -3.29. The molecular weight excluding hydrogens is 547 g/mol. The van der Waals surface area contributed by atoms with Crippen LogP contribution in [-0.2, 0) is 4.79 Å². The van der Waals surface area contributed by atoms with Crippen molar-refractivity contribution < 1.29 is 19.1 Å². The van der Waals surface area contributed by atoms with E-state index < -0.39 is 17.7 Å². The van der Waals surface area contributed by atoms with Crippen LogP contribution in [0, 0.1) is 12.7 Å². The predicted octanol–water partition coefficient (Wildman–Crippen LogP) is 7.14. The van der Waals surface area contributed by atoms with Crippen LogP contribution in [0.25, 0.3) is 22.2 Å². The fraction of sp³-hybridized carbons (Fsp3) is 0.179. The van der Waals surface area contributed by atoms with E-state index in [4.69, 9.17) is 16.6 Å². The van der Waals surface area contributed by atoms with Crippen molar-refractivity contribution in [3.05, 3.63) is 98.7 Å². The van der Waals surface area contributed by atoms with Gasteiger partial charge in [0, 0.05) is 44.9 Å². The monoisotopic (exact) mass is 568 g/mol. The van der Waals surface area contributed by atoms with Crippen molar-refractivity contribution in [2.24, 2.45) is 0 Å². The molecule has 0 unspecified atom stereocenters. The lowest BCUT2D eigenvalue weighted by atomic mass is 9.92. The second-order valence-electron chi connectivity index (χ2n) is 8.46. The molecule has 0 aliphatic rings. The number of hydrogen-bond acceptors (Lipinski definition) is 3. The highest BCUT2D eigenvalue weighted by molar-refractivity contribution is 9.10.